The van der Waals surface area contributed by atoms with Crippen LogP contribution in [0.5, 0.6) is 0 Å². The minimum absolute atomic E-state index is 0.0955. The van der Waals surface area contributed by atoms with Crippen LogP contribution in [-0.4, -0.2) is 46.9 Å². The van der Waals surface area contributed by atoms with Crippen LogP contribution >= 0.6 is 0 Å². The lowest BCUT2D eigenvalue weighted by atomic mass is 10.3. The molecule has 2 N–H and O–H groups in total. The molecule has 0 aromatic carbocycles. The van der Waals surface area contributed by atoms with Gasteiger partial charge in [0.15, 0.2) is 0 Å². The highest BCUT2D eigenvalue weighted by molar-refractivity contribution is 5.93. The van der Waals surface area contributed by atoms with Crippen molar-refractivity contribution >= 4 is 11.7 Å². The molecule has 1 fully saturated rings. The molecule has 0 unspecified atom stereocenters. The first-order valence-electron chi connectivity index (χ1n) is 5.10. The second kappa shape index (κ2) is 4.66. The first kappa shape index (κ1) is 11.8. The van der Waals surface area contributed by atoms with E-state index in [1.807, 2.05) is 0 Å². The molecule has 0 spiro atoms. The number of morpholine rings is 1. The Morgan fingerprint density at radius 1 is 1.47 bits per heavy atom. The fourth-order valence-corrected chi connectivity index (χ4v) is 1.65. The van der Waals surface area contributed by atoms with E-state index in [2.05, 4.69) is 5.10 Å². The van der Waals surface area contributed by atoms with Crippen molar-refractivity contribution in [1.29, 1.82) is 0 Å². The summed E-state index contributed by atoms with van der Waals surface area (Å²) in [4.78, 5) is 13.4. The zero-order chi connectivity index (χ0) is 12.4. The van der Waals surface area contributed by atoms with E-state index in [-0.39, 0.29) is 11.5 Å². The molecule has 1 aliphatic rings. The molecule has 17 heavy (non-hydrogen) atoms. The minimum Gasteiger partial charge on any atom is -0.382 e. The van der Waals surface area contributed by atoms with Crippen molar-refractivity contribution in [3.8, 4) is 0 Å². The topological polar surface area (TPSA) is 73.4 Å². The lowest BCUT2D eigenvalue weighted by Crippen LogP contribution is -2.41. The van der Waals surface area contributed by atoms with Gasteiger partial charge in [-0.05, 0) is 0 Å². The lowest BCUT2D eigenvalue weighted by Gasteiger charge is -2.26. The van der Waals surface area contributed by atoms with Gasteiger partial charge in [-0.3, -0.25) is 4.79 Å². The molecule has 1 amide bonds. The van der Waals surface area contributed by atoms with Crippen LogP contribution in [0.15, 0.2) is 6.07 Å². The summed E-state index contributed by atoms with van der Waals surface area (Å²) in [6.07, 6.45) is 0. The largest absolute Gasteiger partial charge is 0.382 e. The average Bonchev–Trinajstić information content (AvgIpc) is 2.72. The molecule has 1 saturated heterocycles. The van der Waals surface area contributed by atoms with Crippen molar-refractivity contribution in [3.63, 3.8) is 0 Å². The Kier molecular flexibility index (Phi) is 3.23. The Labute approximate surface area is 95.9 Å². The van der Waals surface area contributed by atoms with Crippen molar-refractivity contribution in [1.82, 2.24) is 14.7 Å². The Bertz CT molecular complexity index is 415. The van der Waals surface area contributed by atoms with Crippen LogP contribution in [0.1, 0.15) is 17.0 Å². The second-order valence-electron chi connectivity index (χ2n) is 3.58. The first-order chi connectivity index (χ1) is 8.09. The van der Waals surface area contributed by atoms with Crippen LogP contribution in [0.2, 0.25) is 0 Å². The third-order valence-corrected chi connectivity index (χ3v) is 2.46. The standard InChI is InChI=1S/C9H12F2N4O2/c10-9(11)15-6(5-7(12)13-15)8(16)14-1-3-17-4-2-14/h5,9H,1-4H2,(H2,12,13). The van der Waals surface area contributed by atoms with Gasteiger partial charge in [0.2, 0.25) is 0 Å². The van der Waals surface area contributed by atoms with Gasteiger partial charge in [-0.25, -0.2) is 0 Å². The SMILES string of the molecule is Nc1cc(C(=O)N2CCOCC2)n(C(F)F)n1. The molecule has 2 rings (SSSR count). The van der Waals surface area contributed by atoms with E-state index in [4.69, 9.17) is 10.5 Å². The van der Waals surface area contributed by atoms with Gasteiger partial charge in [-0.2, -0.15) is 13.5 Å². The zero-order valence-corrected chi connectivity index (χ0v) is 8.97. The Hall–Kier alpha value is -1.70. The molecular weight excluding hydrogens is 234 g/mol. The van der Waals surface area contributed by atoms with Gasteiger partial charge >= 0.3 is 6.55 Å². The van der Waals surface area contributed by atoms with Crippen molar-refractivity contribution < 1.29 is 18.3 Å². The molecule has 1 aromatic rings. The Morgan fingerprint density at radius 3 is 2.71 bits per heavy atom. The Morgan fingerprint density at radius 2 is 2.12 bits per heavy atom. The van der Waals surface area contributed by atoms with Gasteiger partial charge in [-0.15, -0.1) is 5.10 Å². The number of hydrogen-bond donors (Lipinski definition) is 1. The molecule has 0 saturated carbocycles. The van der Waals surface area contributed by atoms with E-state index in [0.717, 1.165) is 6.07 Å². The maximum Gasteiger partial charge on any atom is 0.334 e. The van der Waals surface area contributed by atoms with E-state index >= 15 is 0 Å². The fraction of sp³-hybridized carbons (Fsp3) is 0.556. The third-order valence-electron chi connectivity index (χ3n) is 2.46. The van der Waals surface area contributed by atoms with E-state index in [1.165, 1.54) is 4.90 Å². The molecule has 2 heterocycles. The summed E-state index contributed by atoms with van der Waals surface area (Å²) in [5.74, 6) is -0.597. The molecule has 0 bridgehead atoms. The van der Waals surface area contributed by atoms with E-state index in [9.17, 15) is 13.6 Å². The number of carbonyl (C=O) groups excluding carboxylic acids is 1. The first-order valence-corrected chi connectivity index (χ1v) is 5.10. The van der Waals surface area contributed by atoms with Crippen LogP contribution in [0.3, 0.4) is 0 Å². The van der Waals surface area contributed by atoms with Crippen LogP contribution in [0, 0.1) is 0 Å². The molecule has 6 nitrogen and oxygen atoms in total. The molecular formula is C9H12F2N4O2. The smallest absolute Gasteiger partial charge is 0.334 e. The fourth-order valence-electron chi connectivity index (χ4n) is 1.65. The van der Waals surface area contributed by atoms with Gasteiger partial charge in [-0.1, -0.05) is 0 Å². The van der Waals surface area contributed by atoms with E-state index in [1.54, 1.807) is 0 Å². The second-order valence-corrected chi connectivity index (χ2v) is 3.58. The average molecular weight is 246 g/mol. The predicted molar refractivity (Wildman–Crippen MR) is 54.6 cm³/mol. The summed E-state index contributed by atoms with van der Waals surface area (Å²) in [6.45, 7) is -1.30. The number of halogens is 2. The molecule has 0 radical (unpaired) electrons. The quantitative estimate of drug-likeness (QED) is 0.816. The van der Waals surface area contributed by atoms with Gasteiger partial charge in [0, 0.05) is 19.2 Å². The number of nitrogens with zero attached hydrogens (tertiary/aromatic N) is 3. The number of amides is 1. The summed E-state index contributed by atoms with van der Waals surface area (Å²) >= 11 is 0. The number of anilines is 1. The van der Waals surface area contributed by atoms with Crippen LogP contribution < -0.4 is 5.73 Å². The Balaban J connectivity index is 2.23. The number of aromatic nitrogens is 2. The maximum atomic E-state index is 12.6. The summed E-state index contributed by atoms with van der Waals surface area (Å²) in [6, 6.07) is 1.16. The maximum absolute atomic E-state index is 12.6. The monoisotopic (exact) mass is 246 g/mol. The number of rotatable bonds is 2. The van der Waals surface area contributed by atoms with Crippen molar-refractivity contribution in [2.45, 2.75) is 6.55 Å². The highest BCUT2D eigenvalue weighted by Crippen LogP contribution is 2.17. The molecule has 0 atom stereocenters. The molecule has 8 heteroatoms. The van der Waals surface area contributed by atoms with Crippen molar-refractivity contribution in [2.24, 2.45) is 0 Å². The minimum atomic E-state index is -2.88. The molecule has 0 aliphatic carbocycles. The lowest BCUT2D eigenvalue weighted by molar-refractivity contribution is 0.0240. The number of nitrogens with two attached hydrogens (primary N) is 1. The summed E-state index contributed by atoms with van der Waals surface area (Å²) in [7, 11) is 0. The molecule has 1 aromatic heterocycles. The van der Waals surface area contributed by atoms with Crippen LogP contribution in [0.25, 0.3) is 0 Å². The van der Waals surface area contributed by atoms with Crippen molar-refractivity contribution in [2.75, 3.05) is 32.0 Å². The summed E-state index contributed by atoms with van der Waals surface area (Å²) in [5, 5.41) is 3.39. The van der Waals surface area contributed by atoms with Gasteiger partial charge in [0.1, 0.15) is 11.5 Å². The molecule has 1 aliphatic heterocycles. The van der Waals surface area contributed by atoms with E-state index in [0.29, 0.717) is 31.0 Å². The highest BCUT2D eigenvalue weighted by atomic mass is 19.3. The van der Waals surface area contributed by atoms with Crippen LogP contribution in [-0.2, 0) is 4.74 Å². The van der Waals surface area contributed by atoms with Gasteiger partial charge in [0.05, 0.1) is 13.2 Å². The van der Waals surface area contributed by atoms with Gasteiger partial charge in [0.25, 0.3) is 5.91 Å². The predicted octanol–water partition coefficient (Wildman–Crippen LogP) is 0.333. The number of ether oxygens (including phenoxy) is 1. The zero-order valence-electron chi connectivity index (χ0n) is 8.97. The molecule has 94 valence electrons. The summed E-state index contributed by atoms with van der Waals surface area (Å²) in [5.41, 5.74) is 5.13. The normalized spacial score (nSPS) is 16.5. The highest BCUT2D eigenvalue weighted by Gasteiger charge is 2.25. The number of nitrogen functional groups attached to an aromatic ring is 1. The number of hydrogen-bond acceptors (Lipinski definition) is 4. The third kappa shape index (κ3) is 2.36. The van der Waals surface area contributed by atoms with Crippen LogP contribution in [0.4, 0.5) is 14.6 Å². The van der Waals surface area contributed by atoms with Crippen molar-refractivity contribution in [3.05, 3.63) is 11.8 Å². The van der Waals surface area contributed by atoms with Gasteiger partial charge < -0.3 is 15.4 Å². The number of alkyl halides is 2. The number of carbonyl (C=O) groups is 1. The summed E-state index contributed by atoms with van der Waals surface area (Å²) < 4.78 is 30.7. The van der Waals surface area contributed by atoms with E-state index < -0.39 is 12.5 Å².